The van der Waals surface area contributed by atoms with Crippen molar-refractivity contribution in [2.24, 2.45) is 5.10 Å². The number of nitrogens with zero attached hydrogens (tertiary/aromatic N) is 3. The molecule has 0 spiro atoms. The Hall–Kier alpha value is -3.31. The average Bonchev–Trinajstić information content (AvgIpc) is 3.21. The SMILES string of the molecule is CCCOc1ccc(/C=N\N2CCN(C3c4ccccc4-c4ccccc43)CC2)cc1OC. The van der Waals surface area contributed by atoms with Crippen molar-refractivity contribution in [3.63, 3.8) is 0 Å². The summed E-state index contributed by atoms with van der Waals surface area (Å²) in [7, 11) is 1.67. The number of hydrogen-bond donors (Lipinski definition) is 0. The monoisotopic (exact) mass is 441 g/mol. The molecule has 33 heavy (non-hydrogen) atoms. The first kappa shape index (κ1) is 21.5. The van der Waals surface area contributed by atoms with Crippen LogP contribution in [0, 0.1) is 0 Å². The minimum absolute atomic E-state index is 0.337. The quantitative estimate of drug-likeness (QED) is 0.472. The molecule has 0 radical (unpaired) electrons. The van der Waals surface area contributed by atoms with Crippen molar-refractivity contribution in [2.45, 2.75) is 19.4 Å². The van der Waals surface area contributed by atoms with E-state index in [0.717, 1.165) is 49.7 Å². The molecule has 0 aromatic heterocycles. The summed E-state index contributed by atoms with van der Waals surface area (Å²) in [4.78, 5) is 2.60. The highest BCUT2D eigenvalue weighted by molar-refractivity contribution is 5.81. The van der Waals surface area contributed by atoms with Gasteiger partial charge in [-0.25, -0.2) is 0 Å². The summed E-state index contributed by atoms with van der Waals surface area (Å²) in [5.41, 5.74) is 6.61. The minimum Gasteiger partial charge on any atom is -0.493 e. The average molecular weight is 442 g/mol. The lowest BCUT2D eigenvalue weighted by Gasteiger charge is -2.37. The van der Waals surface area contributed by atoms with E-state index < -0.39 is 0 Å². The van der Waals surface area contributed by atoms with E-state index >= 15 is 0 Å². The Morgan fingerprint density at radius 3 is 2.18 bits per heavy atom. The van der Waals surface area contributed by atoms with E-state index in [0.29, 0.717) is 12.6 Å². The maximum absolute atomic E-state index is 5.75. The van der Waals surface area contributed by atoms with Gasteiger partial charge in [-0.05, 0) is 52.4 Å². The first-order valence-corrected chi connectivity index (χ1v) is 11.8. The Kier molecular flexibility index (Phi) is 6.31. The van der Waals surface area contributed by atoms with Gasteiger partial charge in [0.25, 0.3) is 0 Å². The smallest absolute Gasteiger partial charge is 0.161 e. The van der Waals surface area contributed by atoms with Crippen LogP contribution in [0.25, 0.3) is 11.1 Å². The highest BCUT2D eigenvalue weighted by atomic mass is 16.5. The van der Waals surface area contributed by atoms with E-state index in [4.69, 9.17) is 14.6 Å². The fourth-order valence-electron chi connectivity index (χ4n) is 4.85. The molecule has 1 heterocycles. The van der Waals surface area contributed by atoms with Gasteiger partial charge >= 0.3 is 0 Å². The van der Waals surface area contributed by atoms with E-state index in [9.17, 15) is 0 Å². The van der Waals surface area contributed by atoms with Gasteiger partial charge in [0.1, 0.15) is 0 Å². The third-order valence-corrected chi connectivity index (χ3v) is 6.48. The molecule has 0 unspecified atom stereocenters. The Balaban J connectivity index is 1.25. The summed E-state index contributed by atoms with van der Waals surface area (Å²) in [6.07, 6.45) is 2.89. The molecule has 0 bridgehead atoms. The third-order valence-electron chi connectivity index (χ3n) is 6.48. The highest BCUT2D eigenvalue weighted by Crippen LogP contribution is 2.46. The van der Waals surface area contributed by atoms with Gasteiger partial charge in [0.05, 0.1) is 26.0 Å². The van der Waals surface area contributed by atoms with Gasteiger partial charge in [0, 0.05) is 26.2 Å². The summed E-state index contributed by atoms with van der Waals surface area (Å²) in [5.74, 6) is 1.53. The van der Waals surface area contributed by atoms with Gasteiger partial charge in [-0.1, -0.05) is 55.5 Å². The van der Waals surface area contributed by atoms with Gasteiger partial charge < -0.3 is 9.47 Å². The number of fused-ring (bicyclic) bond motifs is 3. The number of benzene rings is 3. The maximum Gasteiger partial charge on any atom is 0.161 e. The predicted octanol–water partition coefficient (Wildman–Crippen LogP) is 5.21. The number of rotatable bonds is 7. The Morgan fingerprint density at radius 1 is 0.879 bits per heavy atom. The molecule has 1 fully saturated rings. The Morgan fingerprint density at radius 2 is 1.55 bits per heavy atom. The maximum atomic E-state index is 5.75. The standard InChI is InChI=1S/C28H31N3O2/c1-3-18-33-26-13-12-21(19-27(26)32-2)20-29-31-16-14-30(15-17-31)28-24-10-6-4-8-22(24)23-9-5-7-11-25(23)28/h4-13,19-20,28H,3,14-18H2,1-2H3/b29-20-. The molecular weight excluding hydrogens is 410 g/mol. The number of hydrazone groups is 1. The van der Waals surface area contributed by atoms with Crippen LogP contribution in [0.3, 0.4) is 0 Å². The lowest BCUT2D eigenvalue weighted by Crippen LogP contribution is -2.45. The van der Waals surface area contributed by atoms with Crippen LogP contribution in [-0.2, 0) is 0 Å². The largest absolute Gasteiger partial charge is 0.493 e. The summed E-state index contributed by atoms with van der Waals surface area (Å²) in [5, 5.41) is 6.92. The molecule has 0 atom stereocenters. The number of methoxy groups -OCH3 is 1. The van der Waals surface area contributed by atoms with Crippen molar-refractivity contribution in [1.82, 2.24) is 9.91 Å². The first-order chi connectivity index (χ1) is 16.3. The molecule has 3 aromatic rings. The molecule has 1 saturated heterocycles. The van der Waals surface area contributed by atoms with Crippen molar-refractivity contribution in [3.05, 3.63) is 83.4 Å². The molecule has 5 heteroatoms. The Labute approximate surface area is 196 Å². The van der Waals surface area contributed by atoms with E-state index in [1.165, 1.54) is 22.3 Å². The summed E-state index contributed by atoms with van der Waals surface area (Å²) < 4.78 is 11.2. The van der Waals surface area contributed by atoms with Crippen molar-refractivity contribution in [2.75, 3.05) is 39.9 Å². The molecule has 0 saturated carbocycles. The van der Waals surface area contributed by atoms with Crippen LogP contribution in [0.5, 0.6) is 11.5 Å². The topological polar surface area (TPSA) is 37.3 Å². The zero-order chi connectivity index (χ0) is 22.6. The van der Waals surface area contributed by atoms with Crippen LogP contribution in [0.2, 0.25) is 0 Å². The highest BCUT2D eigenvalue weighted by Gasteiger charge is 2.33. The molecule has 1 aliphatic carbocycles. The van der Waals surface area contributed by atoms with Crippen molar-refractivity contribution in [1.29, 1.82) is 0 Å². The van der Waals surface area contributed by atoms with Crippen LogP contribution in [-0.4, -0.2) is 56.0 Å². The fourth-order valence-corrected chi connectivity index (χ4v) is 4.85. The summed E-state index contributed by atoms with van der Waals surface area (Å²) in [6.45, 7) is 6.56. The van der Waals surface area contributed by atoms with Gasteiger partial charge in [-0.3, -0.25) is 9.91 Å². The molecular formula is C28H31N3O2. The van der Waals surface area contributed by atoms with Crippen molar-refractivity contribution < 1.29 is 9.47 Å². The number of hydrogen-bond acceptors (Lipinski definition) is 5. The van der Waals surface area contributed by atoms with E-state index in [2.05, 4.69) is 65.4 Å². The van der Waals surface area contributed by atoms with Crippen LogP contribution in [0.15, 0.2) is 71.8 Å². The normalized spacial score (nSPS) is 16.1. The lowest BCUT2D eigenvalue weighted by atomic mass is 10.0. The van der Waals surface area contributed by atoms with E-state index in [1.807, 2.05) is 24.4 Å². The zero-order valence-corrected chi connectivity index (χ0v) is 19.4. The zero-order valence-electron chi connectivity index (χ0n) is 19.4. The lowest BCUT2D eigenvalue weighted by molar-refractivity contribution is 0.114. The molecule has 170 valence electrons. The first-order valence-electron chi connectivity index (χ1n) is 11.8. The molecule has 3 aromatic carbocycles. The van der Waals surface area contributed by atoms with Gasteiger partial charge in [0.15, 0.2) is 11.5 Å². The molecule has 5 nitrogen and oxygen atoms in total. The summed E-state index contributed by atoms with van der Waals surface area (Å²) >= 11 is 0. The van der Waals surface area contributed by atoms with Crippen molar-refractivity contribution >= 4 is 6.21 Å². The van der Waals surface area contributed by atoms with Crippen LogP contribution in [0.4, 0.5) is 0 Å². The van der Waals surface area contributed by atoms with Gasteiger partial charge in [-0.15, -0.1) is 0 Å². The van der Waals surface area contributed by atoms with Crippen LogP contribution < -0.4 is 9.47 Å². The van der Waals surface area contributed by atoms with E-state index in [-0.39, 0.29) is 0 Å². The second-order valence-electron chi connectivity index (χ2n) is 8.57. The summed E-state index contributed by atoms with van der Waals surface area (Å²) in [6, 6.07) is 24.0. The van der Waals surface area contributed by atoms with Gasteiger partial charge in [-0.2, -0.15) is 5.10 Å². The third kappa shape index (κ3) is 4.33. The molecule has 2 aliphatic rings. The molecule has 1 aliphatic heterocycles. The number of piperazine rings is 1. The second-order valence-corrected chi connectivity index (χ2v) is 8.57. The Bertz CT molecular complexity index is 1090. The van der Waals surface area contributed by atoms with Crippen LogP contribution in [0.1, 0.15) is 36.1 Å². The molecule has 0 amide bonds. The van der Waals surface area contributed by atoms with E-state index in [1.54, 1.807) is 7.11 Å². The number of ether oxygens (including phenoxy) is 2. The fraction of sp³-hybridized carbons (Fsp3) is 0.321. The van der Waals surface area contributed by atoms with Crippen LogP contribution >= 0.6 is 0 Å². The predicted molar refractivity (Wildman–Crippen MR) is 133 cm³/mol. The molecule has 0 N–H and O–H groups in total. The minimum atomic E-state index is 0.337. The second kappa shape index (κ2) is 9.67. The molecule has 5 rings (SSSR count). The van der Waals surface area contributed by atoms with Gasteiger partial charge in [0.2, 0.25) is 0 Å². The van der Waals surface area contributed by atoms with Crippen molar-refractivity contribution in [3.8, 4) is 22.6 Å².